The van der Waals surface area contributed by atoms with Gasteiger partial charge in [0.2, 0.25) is 0 Å². The molecule has 98 valence electrons. The fourth-order valence-electron chi connectivity index (χ4n) is 1.64. The highest BCUT2D eigenvalue weighted by Gasteiger charge is 2.18. The van der Waals surface area contributed by atoms with E-state index < -0.39 is 0 Å². The van der Waals surface area contributed by atoms with E-state index in [-0.39, 0.29) is 17.6 Å². The van der Waals surface area contributed by atoms with Crippen molar-refractivity contribution >= 4 is 23.1 Å². The zero-order chi connectivity index (χ0) is 13.9. The third kappa shape index (κ3) is 3.20. The van der Waals surface area contributed by atoms with Crippen molar-refractivity contribution in [3.05, 3.63) is 29.3 Å². The summed E-state index contributed by atoms with van der Waals surface area (Å²) in [5.74, 6) is -0.0605. The average Bonchev–Trinajstić information content (AvgIpc) is 2.31. The maximum atomic E-state index is 12.2. The maximum Gasteiger partial charge on any atom is 0.254 e. The maximum absolute atomic E-state index is 12.2. The molecule has 0 aliphatic heterocycles. The standard InChI is InChI=1S/C13H18N2O2S/c1-8(12(14)18)7-15(3)13(17)10-5-4-6-11(16)9(10)2/h4-6,8,16H,7H2,1-3H3,(H2,14,18). The third-order valence-electron chi connectivity index (χ3n) is 2.92. The van der Waals surface area contributed by atoms with Crippen molar-refractivity contribution < 1.29 is 9.90 Å². The number of carbonyl (C=O) groups is 1. The Morgan fingerprint density at radius 3 is 2.72 bits per heavy atom. The van der Waals surface area contributed by atoms with Gasteiger partial charge in [-0.05, 0) is 19.1 Å². The van der Waals surface area contributed by atoms with Gasteiger partial charge in [-0.3, -0.25) is 4.79 Å². The minimum atomic E-state index is -0.147. The van der Waals surface area contributed by atoms with Gasteiger partial charge in [0, 0.05) is 30.6 Å². The molecule has 3 N–H and O–H groups in total. The van der Waals surface area contributed by atoms with Crippen LogP contribution in [0, 0.1) is 12.8 Å². The van der Waals surface area contributed by atoms with Gasteiger partial charge in [0.25, 0.3) is 5.91 Å². The first-order valence-corrected chi connectivity index (χ1v) is 6.08. The number of thiocarbonyl (C=S) groups is 1. The van der Waals surface area contributed by atoms with Crippen LogP contribution < -0.4 is 5.73 Å². The molecule has 0 aliphatic carbocycles. The number of benzene rings is 1. The minimum absolute atomic E-state index is 0.0356. The molecule has 0 aliphatic rings. The Hall–Kier alpha value is -1.62. The topological polar surface area (TPSA) is 66.6 Å². The van der Waals surface area contributed by atoms with Gasteiger partial charge in [-0.25, -0.2) is 0 Å². The van der Waals surface area contributed by atoms with Crippen molar-refractivity contribution in [2.45, 2.75) is 13.8 Å². The molecule has 1 rings (SSSR count). The fraction of sp³-hybridized carbons (Fsp3) is 0.385. The van der Waals surface area contributed by atoms with E-state index in [0.29, 0.717) is 22.7 Å². The molecule has 1 aromatic rings. The van der Waals surface area contributed by atoms with E-state index in [1.807, 2.05) is 6.92 Å². The van der Waals surface area contributed by atoms with Crippen molar-refractivity contribution in [3.63, 3.8) is 0 Å². The second-order valence-electron chi connectivity index (χ2n) is 4.44. The van der Waals surface area contributed by atoms with Crippen LogP contribution in [0.4, 0.5) is 0 Å². The van der Waals surface area contributed by atoms with Gasteiger partial charge in [-0.1, -0.05) is 25.2 Å². The van der Waals surface area contributed by atoms with E-state index in [4.69, 9.17) is 18.0 Å². The first-order chi connectivity index (χ1) is 8.34. The number of aromatic hydroxyl groups is 1. The highest BCUT2D eigenvalue weighted by atomic mass is 32.1. The molecule has 0 heterocycles. The monoisotopic (exact) mass is 266 g/mol. The molecule has 0 aromatic heterocycles. The van der Waals surface area contributed by atoms with Crippen LogP contribution in [0.15, 0.2) is 18.2 Å². The highest BCUT2D eigenvalue weighted by Crippen LogP contribution is 2.20. The van der Waals surface area contributed by atoms with Gasteiger partial charge in [0.05, 0.1) is 4.99 Å². The lowest BCUT2D eigenvalue weighted by Gasteiger charge is -2.22. The number of rotatable bonds is 4. The predicted octanol–water partition coefficient (Wildman–Crippen LogP) is 1.69. The van der Waals surface area contributed by atoms with E-state index in [2.05, 4.69) is 0 Å². The van der Waals surface area contributed by atoms with Gasteiger partial charge in [0.15, 0.2) is 0 Å². The second-order valence-corrected chi connectivity index (χ2v) is 4.91. The van der Waals surface area contributed by atoms with Crippen molar-refractivity contribution in [3.8, 4) is 5.75 Å². The molecule has 1 unspecified atom stereocenters. The largest absolute Gasteiger partial charge is 0.508 e. The van der Waals surface area contributed by atoms with Gasteiger partial charge in [0.1, 0.15) is 5.75 Å². The zero-order valence-electron chi connectivity index (χ0n) is 10.8. The first kappa shape index (κ1) is 14.4. The summed E-state index contributed by atoms with van der Waals surface area (Å²) in [7, 11) is 1.70. The molecule has 1 aromatic carbocycles. The Bertz CT molecular complexity index is 474. The molecule has 5 heteroatoms. The summed E-state index contributed by atoms with van der Waals surface area (Å²) in [5.41, 5.74) is 6.60. The summed E-state index contributed by atoms with van der Waals surface area (Å²) >= 11 is 4.89. The lowest BCUT2D eigenvalue weighted by Crippen LogP contribution is -2.35. The van der Waals surface area contributed by atoms with Crippen LogP contribution in [-0.4, -0.2) is 34.5 Å². The van der Waals surface area contributed by atoms with E-state index in [1.165, 1.54) is 0 Å². The Labute approximate surface area is 112 Å². The van der Waals surface area contributed by atoms with Crippen molar-refractivity contribution in [1.82, 2.24) is 4.90 Å². The molecule has 0 spiro atoms. The van der Waals surface area contributed by atoms with Crippen molar-refractivity contribution in [2.24, 2.45) is 11.7 Å². The van der Waals surface area contributed by atoms with Crippen LogP contribution in [0.5, 0.6) is 5.75 Å². The number of phenolic OH excluding ortho intramolecular Hbond substituents is 1. The van der Waals surface area contributed by atoms with E-state index in [9.17, 15) is 9.90 Å². The molecule has 0 bridgehead atoms. The van der Waals surface area contributed by atoms with Gasteiger partial charge in [-0.15, -0.1) is 0 Å². The number of amides is 1. The summed E-state index contributed by atoms with van der Waals surface area (Å²) in [6.45, 7) is 4.05. The molecule has 0 fully saturated rings. The van der Waals surface area contributed by atoms with E-state index >= 15 is 0 Å². The fourth-order valence-corrected chi connectivity index (χ4v) is 1.72. The summed E-state index contributed by atoms with van der Waals surface area (Å²) in [6.07, 6.45) is 0. The van der Waals surface area contributed by atoms with Crippen LogP contribution in [0.25, 0.3) is 0 Å². The molecule has 1 amide bonds. The summed E-state index contributed by atoms with van der Waals surface area (Å²) < 4.78 is 0. The minimum Gasteiger partial charge on any atom is -0.508 e. The molecule has 0 saturated carbocycles. The zero-order valence-corrected chi connectivity index (χ0v) is 11.6. The van der Waals surface area contributed by atoms with Gasteiger partial charge < -0.3 is 15.7 Å². The Kier molecular flexibility index (Phi) is 4.67. The lowest BCUT2D eigenvalue weighted by molar-refractivity contribution is 0.0786. The number of carbonyl (C=O) groups excluding carboxylic acids is 1. The number of nitrogens with zero attached hydrogens (tertiary/aromatic N) is 1. The third-order valence-corrected chi connectivity index (χ3v) is 3.32. The van der Waals surface area contributed by atoms with E-state index in [0.717, 1.165) is 0 Å². The smallest absolute Gasteiger partial charge is 0.254 e. The Balaban J connectivity index is 2.87. The highest BCUT2D eigenvalue weighted by molar-refractivity contribution is 7.80. The lowest BCUT2D eigenvalue weighted by atomic mass is 10.1. The molecule has 0 saturated heterocycles. The number of nitrogens with two attached hydrogens (primary N) is 1. The van der Waals surface area contributed by atoms with Gasteiger partial charge >= 0.3 is 0 Å². The second kappa shape index (κ2) is 5.82. The molecule has 4 nitrogen and oxygen atoms in total. The van der Waals surface area contributed by atoms with Crippen LogP contribution in [-0.2, 0) is 0 Å². The number of hydrogen-bond acceptors (Lipinski definition) is 3. The first-order valence-electron chi connectivity index (χ1n) is 5.68. The number of hydrogen-bond donors (Lipinski definition) is 2. The normalized spacial score (nSPS) is 11.9. The van der Waals surface area contributed by atoms with E-state index in [1.54, 1.807) is 37.1 Å². The van der Waals surface area contributed by atoms with Crippen LogP contribution in [0.2, 0.25) is 0 Å². The van der Waals surface area contributed by atoms with Crippen LogP contribution in [0.3, 0.4) is 0 Å². The summed E-state index contributed by atoms with van der Waals surface area (Å²) in [4.78, 5) is 14.2. The van der Waals surface area contributed by atoms with Crippen LogP contribution >= 0.6 is 12.2 Å². The SMILES string of the molecule is Cc1c(O)cccc1C(=O)N(C)CC(C)C(N)=S. The summed E-state index contributed by atoms with van der Waals surface area (Å²) in [5, 5.41) is 9.59. The predicted molar refractivity (Wildman–Crippen MR) is 75.8 cm³/mol. The number of phenols is 1. The van der Waals surface area contributed by atoms with Gasteiger partial charge in [-0.2, -0.15) is 0 Å². The molecular formula is C13H18N2O2S. The van der Waals surface area contributed by atoms with Crippen molar-refractivity contribution in [2.75, 3.05) is 13.6 Å². The Morgan fingerprint density at radius 2 is 2.17 bits per heavy atom. The molecule has 0 radical (unpaired) electrons. The van der Waals surface area contributed by atoms with Crippen molar-refractivity contribution in [1.29, 1.82) is 0 Å². The quantitative estimate of drug-likeness (QED) is 0.814. The Morgan fingerprint density at radius 1 is 1.56 bits per heavy atom. The van der Waals surface area contributed by atoms with Crippen LogP contribution in [0.1, 0.15) is 22.8 Å². The molecular weight excluding hydrogens is 248 g/mol. The molecule has 1 atom stereocenters. The average molecular weight is 266 g/mol. The molecule has 18 heavy (non-hydrogen) atoms. The summed E-state index contributed by atoms with van der Waals surface area (Å²) in [6, 6.07) is 4.91.